The summed E-state index contributed by atoms with van der Waals surface area (Å²) in [6, 6.07) is 24.8. The summed E-state index contributed by atoms with van der Waals surface area (Å²) in [5.74, 6) is -1.25. The predicted molar refractivity (Wildman–Crippen MR) is 175 cm³/mol. The molecule has 4 aromatic rings. The van der Waals surface area contributed by atoms with Crippen LogP contribution in [0, 0.1) is 11.6 Å². The Balaban J connectivity index is 1.57. The number of benzene rings is 4. The van der Waals surface area contributed by atoms with Crippen LogP contribution >= 0.6 is 15.9 Å². The number of carbonyl (C=O) groups is 1. The largest absolute Gasteiger partial charge is 0.494 e. The van der Waals surface area contributed by atoms with Crippen molar-refractivity contribution in [3.63, 3.8) is 0 Å². The van der Waals surface area contributed by atoms with Crippen molar-refractivity contribution in [2.75, 3.05) is 13.2 Å². The molecule has 1 amide bonds. The molecule has 0 radical (unpaired) electrons. The standard InChI is InChI=1S/C34H31BrF2N6O4/c35-29-9-4-2-6-23(29)19-34(33(45)42-39-21-25-10-13-26(36)18-30(25)37)31(28-8-3-1-7-24(28)20-40-43-38)47-32(41-34)22-11-14-27(15-12-22)46-17-5-16-44/h1-4,6-15,18,31,39,44H,5,16-17,19-21H2,(H,42,45)/t31-,34-/m0/s1. The van der Waals surface area contributed by atoms with Gasteiger partial charge >= 0.3 is 0 Å². The van der Waals surface area contributed by atoms with Crippen LogP contribution in [0.4, 0.5) is 8.78 Å². The van der Waals surface area contributed by atoms with Crippen molar-refractivity contribution >= 4 is 27.7 Å². The van der Waals surface area contributed by atoms with Crippen LogP contribution in [0.25, 0.3) is 10.4 Å². The Morgan fingerprint density at radius 3 is 2.51 bits per heavy atom. The zero-order chi connectivity index (χ0) is 33.2. The lowest BCUT2D eigenvalue weighted by Gasteiger charge is -2.32. The number of aliphatic hydroxyl groups excluding tert-OH is 1. The van der Waals surface area contributed by atoms with Crippen molar-refractivity contribution in [2.24, 2.45) is 10.1 Å². The van der Waals surface area contributed by atoms with Crippen molar-refractivity contribution in [2.45, 2.75) is 37.6 Å². The van der Waals surface area contributed by atoms with Crippen LogP contribution in [-0.4, -0.2) is 35.7 Å². The van der Waals surface area contributed by atoms with Crippen molar-refractivity contribution in [3.05, 3.63) is 145 Å². The summed E-state index contributed by atoms with van der Waals surface area (Å²) in [5.41, 5.74) is 15.7. The van der Waals surface area contributed by atoms with E-state index < -0.39 is 29.2 Å². The van der Waals surface area contributed by atoms with E-state index in [-0.39, 0.29) is 37.6 Å². The highest BCUT2D eigenvalue weighted by Gasteiger charge is 2.54. The number of aliphatic imine (C=N–C) groups is 1. The third-order valence-electron chi connectivity index (χ3n) is 7.59. The van der Waals surface area contributed by atoms with Gasteiger partial charge in [-0.25, -0.2) is 19.2 Å². The molecule has 1 heterocycles. The minimum atomic E-state index is -1.61. The Morgan fingerprint density at radius 1 is 1.04 bits per heavy atom. The van der Waals surface area contributed by atoms with Gasteiger partial charge in [0.15, 0.2) is 11.6 Å². The molecule has 0 saturated carbocycles. The molecule has 0 bridgehead atoms. The molecule has 1 aliphatic rings. The molecule has 0 saturated heterocycles. The van der Waals surface area contributed by atoms with E-state index >= 15 is 0 Å². The van der Waals surface area contributed by atoms with Crippen LogP contribution in [0.3, 0.4) is 0 Å². The highest BCUT2D eigenvalue weighted by molar-refractivity contribution is 9.10. The van der Waals surface area contributed by atoms with E-state index in [1.54, 1.807) is 48.5 Å². The number of aliphatic hydroxyl groups is 1. The lowest BCUT2D eigenvalue weighted by molar-refractivity contribution is -0.130. The number of rotatable bonds is 14. The monoisotopic (exact) mass is 704 g/mol. The van der Waals surface area contributed by atoms with Gasteiger partial charge in [0.05, 0.1) is 13.2 Å². The van der Waals surface area contributed by atoms with Crippen LogP contribution in [0.2, 0.25) is 0 Å². The van der Waals surface area contributed by atoms with E-state index in [0.29, 0.717) is 35.5 Å². The Labute approximate surface area is 278 Å². The third kappa shape index (κ3) is 7.95. The number of nitrogens with zero attached hydrogens (tertiary/aromatic N) is 4. The average Bonchev–Trinajstić information content (AvgIpc) is 3.46. The molecular formula is C34H31BrF2N6O4. The minimum Gasteiger partial charge on any atom is -0.494 e. The Kier molecular flexibility index (Phi) is 11.2. The molecule has 0 aliphatic carbocycles. The Morgan fingerprint density at radius 2 is 1.79 bits per heavy atom. The average molecular weight is 706 g/mol. The highest BCUT2D eigenvalue weighted by atomic mass is 79.9. The van der Waals surface area contributed by atoms with E-state index in [1.165, 1.54) is 6.07 Å². The van der Waals surface area contributed by atoms with Gasteiger partial charge in [-0.3, -0.25) is 10.2 Å². The van der Waals surface area contributed by atoms with E-state index in [1.807, 2.05) is 24.3 Å². The molecule has 13 heteroatoms. The summed E-state index contributed by atoms with van der Waals surface area (Å²) in [6.45, 7) is 0.245. The smallest absolute Gasteiger partial charge is 0.266 e. The van der Waals surface area contributed by atoms with Gasteiger partial charge in [-0.1, -0.05) is 69.6 Å². The summed E-state index contributed by atoms with van der Waals surface area (Å²) in [6.07, 6.45) is -0.415. The van der Waals surface area contributed by atoms with E-state index in [4.69, 9.17) is 25.1 Å². The van der Waals surface area contributed by atoms with Gasteiger partial charge in [-0.05, 0) is 58.6 Å². The summed E-state index contributed by atoms with van der Waals surface area (Å²) in [5, 5.41) is 12.8. The fraction of sp³-hybridized carbons (Fsp3) is 0.235. The summed E-state index contributed by atoms with van der Waals surface area (Å²) < 4.78 is 40.8. The van der Waals surface area contributed by atoms with E-state index in [9.17, 15) is 13.6 Å². The van der Waals surface area contributed by atoms with Crippen molar-refractivity contribution in [1.29, 1.82) is 0 Å². The second kappa shape index (κ2) is 15.7. The number of ether oxygens (including phenoxy) is 2. The topological polar surface area (TPSA) is 141 Å². The van der Waals surface area contributed by atoms with Gasteiger partial charge in [0, 0.05) is 52.6 Å². The van der Waals surface area contributed by atoms with Crippen LogP contribution in [0.5, 0.6) is 5.75 Å². The van der Waals surface area contributed by atoms with Gasteiger partial charge in [-0.2, -0.15) is 0 Å². The molecule has 4 aromatic carbocycles. The fourth-order valence-electron chi connectivity index (χ4n) is 5.23. The molecule has 242 valence electrons. The number of azide groups is 1. The molecule has 0 fully saturated rings. The maximum Gasteiger partial charge on any atom is 0.266 e. The van der Waals surface area contributed by atoms with Crippen LogP contribution in [-0.2, 0) is 29.0 Å². The first-order valence-corrected chi connectivity index (χ1v) is 15.5. The Hall–Kier alpha value is -4.81. The normalized spacial score (nSPS) is 16.9. The zero-order valence-electron chi connectivity index (χ0n) is 25.1. The third-order valence-corrected chi connectivity index (χ3v) is 8.36. The molecule has 10 nitrogen and oxygen atoms in total. The zero-order valence-corrected chi connectivity index (χ0v) is 26.7. The molecule has 0 unspecified atom stereocenters. The summed E-state index contributed by atoms with van der Waals surface area (Å²) in [4.78, 5) is 22.3. The number of carbonyl (C=O) groups excluding carboxylic acids is 1. The summed E-state index contributed by atoms with van der Waals surface area (Å²) in [7, 11) is 0. The molecule has 3 N–H and O–H groups in total. The number of hydrogen-bond acceptors (Lipinski definition) is 7. The number of amides is 1. The first kappa shape index (κ1) is 33.6. The molecule has 0 spiro atoms. The lowest BCUT2D eigenvalue weighted by atomic mass is 9.80. The maximum atomic E-state index is 14.4. The van der Waals surface area contributed by atoms with Crippen LogP contribution in [0.1, 0.15) is 40.3 Å². The van der Waals surface area contributed by atoms with Gasteiger partial charge in [0.1, 0.15) is 17.4 Å². The number of nitrogens with one attached hydrogen (secondary N) is 2. The van der Waals surface area contributed by atoms with Gasteiger partial charge in [0.2, 0.25) is 5.90 Å². The fourth-order valence-corrected chi connectivity index (χ4v) is 5.65. The van der Waals surface area contributed by atoms with E-state index in [2.05, 4.69) is 36.8 Å². The van der Waals surface area contributed by atoms with Crippen molar-refractivity contribution in [3.8, 4) is 5.75 Å². The first-order valence-electron chi connectivity index (χ1n) is 14.7. The van der Waals surface area contributed by atoms with Crippen molar-refractivity contribution in [1.82, 2.24) is 10.9 Å². The molecule has 2 atom stereocenters. The number of halogens is 3. The van der Waals surface area contributed by atoms with Gasteiger partial charge < -0.3 is 14.6 Å². The Bertz CT molecular complexity index is 1800. The minimum absolute atomic E-state index is 0.0105. The SMILES string of the molecule is [N-]=[N+]=NCc1ccccc1[C@@H]1OC(c2ccc(OCCCO)cc2)=N[C@]1(Cc1ccccc1Br)C(=O)NNCc1ccc(F)cc1F. The molecule has 5 rings (SSSR count). The van der Waals surface area contributed by atoms with Gasteiger partial charge in [0.25, 0.3) is 5.91 Å². The number of hydrogen-bond donors (Lipinski definition) is 3. The van der Waals surface area contributed by atoms with E-state index in [0.717, 1.165) is 22.2 Å². The van der Waals surface area contributed by atoms with Crippen LogP contribution < -0.4 is 15.6 Å². The molecular weight excluding hydrogens is 674 g/mol. The molecule has 1 aliphatic heterocycles. The lowest BCUT2D eigenvalue weighted by Crippen LogP contribution is -2.54. The van der Waals surface area contributed by atoms with Crippen molar-refractivity contribution < 1.29 is 28.2 Å². The second-order valence-corrected chi connectivity index (χ2v) is 11.5. The molecule has 0 aromatic heterocycles. The highest BCUT2D eigenvalue weighted by Crippen LogP contribution is 2.44. The van der Waals surface area contributed by atoms with Gasteiger partial charge in [-0.15, -0.1) is 0 Å². The molecule has 47 heavy (non-hydrogen) atoms. The maximum absolute atomic E-state index is 14.4. The quantitative estimate of drug-likeness (QED) is 0.0445. The summed E-state index contributed by atoms with van der Waals surface area (Å²) >= 11 is 3.60. The second-order valence-electron chi connectivity index (χ2n) is 10.7. The number of hydrazine groups is 1. The first-order chi connectivity index (χ1) is 22.8. The predicted octanol–water partition coefficient (Wildman–Crippen LogP) is 6.62. The van der Waals surface area contributed by atoms with Crippen LogP contribution in [0.15, 0.2) is 106 Å².